The first-order valence-corrected chi connectivity index (χ1v) is 16.9. The summed E-state index contributed by atoms with van der Waals surface area (Å²) in [6.07, 6.45) is 3.29. The Morgan fingerprint density at radius 3 is 2.24 bits per heavy atom. The number of aromatic nitrogens is 4. The van der Waals surface area contributed by atoms with E-state index in [1.54, 1.807) is 37.5 Å². The number of pyridine rings is 1. The Balaban J connectivity index is 1.10. The van der Waals surface area contributed by atoms with E-state index >= 15 is 0 Å². The fraction of sp³-hybridized carbons (Fsp3) is 0.0488. The number of nitrogens with zero attached hydrogens (tertiary/aromatic N) is 4. The van der Waals surface area contributed by atoms with Gasteiger partial charge in [-0.2, -0.15) is 0 Å². The van der Waals surface area contributed by atoms with Crippen molar-refractivity contribution in [2.24, 2.45) is 0 Å². The number of allylic oxidation sites excluding steroid dienone is 1. The van der Waals surface area contributed by atoms with Crippen LogP contribution in [0.1, 0.15) is 15.9 Å². The first kappa shape index (κ1) is 32.2. The number of thioether (sulfide) groups is 1. The van der Waals surface area contributed by atoms with Gasteiger partial charge in [0.15, 0.2) is 16.8 Å². The van der Waals surface area contributed by atoms with Crippen LogP contribution in [0, 0.1) is 0 Å². The van der Waals surface area contributed by atoms with Crippen LogP contribution in [0.4, 0.5) is 5.69 Å². The summed E-state index contributed by atoms with van der Waals surface area (Å²) in [7, 11) is 1.61. The van der Waals surface area contributed by atoms with Gasteiger partial charge in [0, 0.05) is 33.5 Å². The quantitative estimate of drug-likeness (QED) is 0.0833. The third-order valence-corrected chi connectivity index (χ3v) is 8.93. The molecule has 2 aromatic heterocycles. The molecule has 50 heavy (non-hydrogen) atoms. The minimum Gasteiger partial charge on any atom is -0.497 e. The second-order valence-corrected chi connectivity index (χ2v) is 12.2. The lowest BCUT2D eigenvalue weighted by Crippen LogP contribution is -2.14. The van der Waals surface area contributed by atoms with Gasteiger partial charge in [-0.15, -0.1) is 10.2 Å². The predicted octanol–water partition coefficient (Wildman–Crippen LogP) is 8.79. The molecule has 0 radical (unpaired) electrons. The van der Waals surface area contributed by atoms with Crippen LogP contribution in [0.3, 0.4) is 0 Å². The molecule has 9 heteroatoms. The van der Waals surface area contributed by atoms with Crippen molar-refractivity contribution < 1.29 is 14.3 Å². The van der Waals surface area contributed by atoms with E-state index in [4.69, 9.17) is 9.72 Å². The average molecular weight is 674 g/mol. The summed E-state index contributed by atoms with van der Waals surface area (Å²) in [5.41, 5.74) is 6.44. The molecule has 5 aromatic carbocycles. The summed E-state index contributed by atoms with van der Waals surface area (Å²) < 4.78 is 7.16. The van der Waals surface area contributed by atoms with Gasteiger partial charge in [0.05, 0.1) is 24.1 Å². The monoisotopic (exact) mass is 673 g/mol. The molecule has 0 atom stereocenters. The molecule has 0 saturated carbocycles. The molecule has 0 aliphatic rings. The smallest absolute Gasteiger partial charge is 0.234 e. The number of ketones is 1. The number of hydrogen-bond donors (Lipinski definition) is 1. The van der Waals surface area contributed by atoms with Crippen LogP contribution in [0.5, 0.6) is 5.75 Å². The standard InChI is InChI=1S/C41H31N5O3S/c1-49-33-23-16-28(17-24-33)18-25-38(47)30-19-21-31(22-20-30)42-39(48)27-50-41-45-44-40(46(41)32-12-6-3-7-13-32)35-26-37(29-10-4-2-5-11-29)43-36-15-9-8-14-34(35)36/h2-26H,27H2,1H3,(H,42,48)/b25-18+. The van der Waals surface area contributed by atoms with Gasteiger partial charge in [0.2, 0.25) is 5.91 Å². The SMILES string of the molecule is COc1ccc(/C=C/C(=O)c2ccc(NC(=O)CSc3nnc(-c4cc(-c5ccccc5)nc5ccccc45)n3-c3ccccc3)cc2)cc1. The molecule has 244 valence electrons. The Kier molecular flexibility index (Phi) is 9.57. The van der Waals surface area contributed by atoms with Gasteiger partial charge in [0.1, 0.15) is 5.75 Å². The first-order chi connectivity index (χ1) is 24.6. The van der Waals surface area contributed by atoms with E-state index in [0.717, 1.165) is 44.7 Å². The third kappa shape index (κ3) is 7.23. The molecule has 1 N–H and O–H groups in total. The number of anilines is 1. The number of carbonyl (C=O) groups excluding carboxylic acids is 2. The van der Waals surface area contributed by atoms with Crippen LogP contribution < -0.4 is 10.1 Å². The van der Waals surface area contributed by atoms with Crippen LogP contribution in [-0.2, 0) is 4.79 Å². The predicted molar refractivity (Wildman–Crippen MR) is 200 cm³/mol. The zero-order chi connectivity index (χ0) is 34.3. The highest BCUT2D eigenvalue weighted by molar-refractivity contribution is 7.99. The minimum atomic E-state index is -0.210. The van der Waals surface area contributed by atoms with E-state index in [2.05, 4.69) is 15.5 Å². The maximum atomic E-state index is 13.1. The highest BCUT2D eigenvalue weighted by atomic mass is 32.2. The van der Waals surface area contributed by atoms with Crippen molar-refractivity contribution in [3.8, 4) is 34.1 Å². The van der Waals surface area contributed by atoms with Gasteiger partial charge in [-0.1, -0.05) is 96.7 Å². The van der Waals surface area contributed by atoms with Gasteiger partial charge in [-0.05, 0) is 72.3 Å². The topological polar surface area (TPSA) is 99.0 Å². The van der Waals surface area contributed by atoms with Crippen molar-refractivity contribution in [3.05, 3.63) is 157 Å². The maximum absolute atomic E-state index is 13.1. The Morgan fingerprint density at radius 1 is 0.800 bits per heavy atom. The zero-order valence-corrected chi connectivity index (χ0v) is 27.9. The fourth-order valence-electron chi connectivity index (χ4n) is 5.49. The zero-order valence-electron chi connectivity index (χ0n) is 27.1. The number of para-hydroxylation sites is 2. The van der Waals surface area contributed by atoms with Gasteiger partial charge in [0.25, 0.3) is 0 Å². The second-order valence-electron chi connectivity index (χ2n) is 11.3. The lowest BCUT2D eigenvalue weighted by Gasteiger charge is -2.13. The number of hydrogen-bond acceptors (Lipinski definition) is 7. The Bertz CT molecular complexity index is 2300. The van der Waals surface area contributed by atoms with Crippen LogP contribution in [0.25, 0.3) is 45.3 Å². The summed E-state index contributed by atoms with van der Waals surface area (Å²) in [5, 5.41) is 13.7. The molecule has 1 amide bonds. The van der Waals surface area contributed by atoms with Crippen LogP contribution >= 0.6 is 11.8 Å². The van der Waals surface area contributed by atoms with Gasteiger partial charge >= 0.3 is 0 Å². The van der Waals surface area contributed by atoms with Crippen molar-refractivity contribution in [3.63, 3.8) is 0 Å². The molecule has 2 heterocycles. The summed E-state index contributed by atoms with van der Waals surface area (Å²) in [5.74, 6) is 1.16. The average Bonchev–Trinajstić information content (AvgIpc) is 3.60. The minimum absolute atomic E-state index is 0.0998. The molecule has 0 aliphatic heterocycles. The molecule has 0 saturated heterocycles. The lowest BCUT2D eigenvalue weighted by molar-refractivity contribution is -0.113. The Morgan fingerprint density at radius 2 is 1.50 bits per heavy atom. The van der Waals surface area contributed by atoms with E-state index in [-0.39, 0.29) is 17.4 Å². The molecule has 0 fully saturated rings. The molecule has 0 bridgehead atoms. The Hall–Kier alpha value is -6.32. The normalized spacial score (nSPS) is 11.1. The van der Waals surface area contributed by atoms with Crippen molar-refractivity contribution in [1.29, 1.82) is 0 Å². The van der Waals surface area contributed by atoms with Crippen molar-refractivity contribution >= 4 is 46.1 Å². The summed E-state index contributed by atoms with van der Waals surface area (Å²) in [4.78, 5) is 30.8. The summed E-state index contributed by atoms with van der Waals surface area (Å²) >= 11 is 1.30. The van der Waals surface area contributed by atoms with E-state index in [0.29, 0.717) is 22.2 Å². The van der Waals surface area contributed by atoms with Crippen molar-refractivity contribution in [1.82, 2.24) is 19.7 Å². The largest absolute Gasteiger partial charge is 0.497 e. The lowest BCUT2D eigenvalue weighted by atomic mass is 10.0. The number of carbonyl (C=O) groups is 2. The molecular formula is C41H31N5O3S. The van der Waals surface area contributed by atoms with E-state index in [1.165, 1.54) is 17.8 Å². The fourth-order valence-corrected chi connectivity index (χ4v) is 6.24. The van der Waals surface area contributed by atoms with Crippen LogP contribution in [0.15, 0.2) is 151 Å². The number of amides is 1. The second kappa shape index (κ2) is 14.8. The first-order valence-electron chi connectivity index (χ1n) is 15.9. The van der Waals surface area contributed by atoms with Crippen LogP contribution in [0.2, 0.25) is 0 Å². The maximum Gasteiger partial charge on any atom is 0.234 e. The van der Waals surface area contributed by atoms with E-state index in [9.17, 15) is 9.59 Å². The van der Waals surface area contributed by atoms with Gasteiger partial charge in [-0.3, -0.25) is 14.2 Å². The Labute approximate surface area is 293 Å². The van der Waals surface area contributed by atoms with Crippen LogP contribution in [-0.4, -0.2) is 44.3 Å². The van der Waals surface area contributed by atoms with E-state index < -0.39 is 0 Å². The number of methoxy groups -OCH3 is 1. The number of nitrogens with one attached hydrogen (secondary N) is 1. The number of ether oxygens (including phenoxy) is 1. The summed E-state index contributed by atoms with van der Waals surface area (Å²) in [6, 6.07) is 44.2. The number of fused-ring (bicyclic) bond motifs is 1. The highest BCUT2D eigenvalue weighted by Crippen LogP contribution is 2.34. The summed E-state index contributed by atoms with van der Waals surface area (Å²) in [6.45, 7) is 0. The van der Waals surface area contributed by atoms with Crippen molar-refractivity contribution in [2.45, 2.75) is 5.16 Å². The van der Waals surface area contributed by atoms with Crippen molar-refractivity contribution in [2.75, 3.05) is 18.2 Å². The third-order valence-electron chi connectivity index (χ3n) is 8.00. The molecule has 7 rings (SSSR count). The molecule has 0 unspecified atom stereocenters. The number of benzene rings is 5. The molecule has 8 nitrogen and oxygen atoms in total. The molecule has 0 spiro atoms. The molecule has 7 aromatic rings. The highest BCUT2D eigenvalue weighted by Gasteiger charge is 2.20. The van der Waals surface area contributed by atoms with Gasteiger partial charge < -0.3 is 10.1 Å². The van der Waals surface area contributed by atoms with E-state index in [1.807, 2.05) is 120 Å². The number of rotatable bonds is 11. The molecule has 0 aliphatic carbocycles. The molecular weight excluding hydrogens is 643 g/mol. The van der Waals surface area contributed by atoms with Gasteiger partial charge in [-0.25, -0.2) is 4.98 Å².